The van der Waals surface area contributed by atoms with E-state index < -0.39 is 22.0 Å². The van der Waals surface area contributed by atoms with E-state index in [1.54, 1.807) is 25.1 Å². The Hall–Kier alpha value is -2.74. The van der Waals surface area contributed by atoms with Gasteiger partial charge in [0.05, 0.1) is 18.0 Å². The molecule has 2 aromatic rings. The summed E-state index contributed by atoms with van der Waals surface area (Å²) in [5.74, 6) is 0.625. The molecule has 0 aliphatic carbocycles. The summed E-state index contributed by atoms with van der Waals surface area (Å²) in [6.45, 7) is 6.25. The number of aryl methyl sites for hydroxylation is 1. The predicted molar refractivity (Wildman–Crippen MR) is 112 cm³/mol. The molecule has 0 bridgehead atoms. The average Bonchev–Trinajstić information content (AvgIpc) is 2.67. The molecule has 3 rings (SSSR count). The molecular formula is C21H26N2O5S. The minimum absolute atomic E-state index is 0.257. The Bertz CT molecular complexity index is 989. The third kappa shape index (κ3) is 4.82. The molecule has 8 heteroatoms. The zero-order valence-corrected chi connectivity index (χ0v) is 17.8. The molecule has 1 N–H and O–H groups in total. The normalized spacial score (nSPS) is 15.3. The second-order valence-electron chi connectivity index (χ2n) is 7.20. The quantitative estimate of drug-likeness (QED) is 0.780. The number of hydrogen-bond donors (Lipinski definition) is 1. The zero-order chi connectivity index (χ0) is 21.2. The van der Waals surface area contributed by atoms with E-state index in [2.05, 4.69) is 5.32 Å². The molecule has 0 spiro atoms. The van der Waals surface area contributed by atoms with Gasteiger partial charge in [0, 0.05) is 6.07 Å². The predicted octanol–water partition coefficient (Wildman–Crippen LogP) is 2.80. The summed E-state index contributed by atoms with van der Waals surface area (Å²) in [6, 6.07) is 11.5. The first-order chi connectivity index (χ1) is 13.7. The highest BCUT2D eigenvalue weighted by Gasteiger charge is 2.31. The van der Waals surface area contributed by atoms with Gasteiger partial charge in [-0.1, -0.05) is 29.8 Å². The van der Waals surface area contributed by atoms with Gasteiger partial charge in [-0.2, -0.15) is 0 Å². The van der Waals surface area contributed by atoms with Crippen LogP contribution in [0, 0.1) is 6.92 Å². The molecule has 0 aromatic heterocycles. The highest BCUT2D eigenvalue weighted by atomic mass is 32.2. The van der Waals surface area contributed by atoms with E-state index >= 15 is 0 Å². The van der Waals surface area contributed by atoms with Gasteiger partial charge in [0.25, 0.3) is 0 Å². The number of rotatable bonds is 6. The van der Waals surface area contributed by atoms with Crippen molar-refractivity contribution in [1.82, 2.24) is 5.32 Å². The topological polar surface area (TPSA) is 84.9 Å². The van der Waals surface area contributed by atoms with Gasteiger partial charge in [-0.25, -0.2) is 8.42 Å². The number of nitrogens with zero attached hydrogens (tertiary/aromatic N) is 1. The number of carbonyl (C=O) groups is 1. The summed E-state index contributed by atoms with van der Waals surface area (Å²) >= 11 is 0. The van der Waals surface area contributed by atoms with Crippen molar-refractivity contribution in [1.29, 1.82) is 0 Å². The van der Waals surface area contributed by atoms with E-state index in [0.717, 1.165) is 21.7 Å². The monoisotopic (exact) mass is 418 g/mol. The van der Waals surface area contributed by atoms with Gasteiger partial charge in [0.2, 0.25) is 15.9 Å². The van der Waals surface area contributed by atoms with E-state index in [1.165, 1.54) is 0 Å². The van der Waals surface area contributed by atoms with Gasteiger partial charge in [-0.3, -0.25) is 9.10 Å². The van der Waals surface area contributed by atoms with Crippen molar-refractivity contribution in [2.75, 3.05) is 23.8 Å². The lowest BCUT2D eigenvalue weighted by Gasteiger charge is -2.30. The van der Waals surface area contributed by atoms with Crippen LogP contribution in [0.4, 0.5) is 5.69 Å². The number of carbonyl (C=O) groups excluding carboxylic acids is 1. The summed E-state index contributed by atoms with van der Waals surface area (Å²) in [7, 11) is -3.72. The molecule has 7 nitrogen and oxygen atoms in total. The fraction of sp³-hybridized carbons (Fsp3) is 0.381. The number of nitrogens with one attached hydrogen (secondary N) is 1. The molecular weight excluding hydrogens is 392 g/mol. The van der Waals surface area contributed by atoms with Crippen molar-refractivity contribution in [3.05, 3.63) is 53.6 Å². The van der Waals surface area contributed by atoms with Crippen LogP contribution in [0.2, 0.25) is 0 Å². The molecule has 29 heavy (non-hydrogen) atoms. The standard InChI is InChI=1S/C21H26N2O5S/c1-14-5-7-17(8-6-14)15(2)22-21(24)16(3)23(29(4,25)26)18-9-10-19-20(13-18)28-12-11-27-19/h5-10,13,15-16H,11-12H2,1-4H3,(H,22,24)/t15-,16+/m1/s1. The van der Waals surface area contributed by atoms with Gasteiger partial charge in [0.1, 0.15) is 19.3 Å². The molecule has 0 radical (unpaired) electrons. The Morgan fingerprint density at radius 3 is 2.28 bits per heavy atom. The number of amides is 1. The van der Waals surface area contributed by atoms with Crippen LogP contribution in [-0.2, 0) is 14.8 Å². The summed E-state index contributed by atoms with van der Waals surface area (Å²) < 4.78 is 37.2. The van der Waals surface area contributed by atoms with Crippen LogP contribution in [0.3, 0.4) is 0 Å². The Kier molecular flexibility index (Phi) is 6.02. The lowest BCUT2D eigenvalue weighted by Crippen LogP contribution is -2.48. The van der Waals surface area contributed by atoms with Crippen molar-refractivity contribution in [2.45, 2.75) is 32.9 Å². The Labute approximate surface area is 171 Å². The molecule has 2 aromatic carbocycles. The summed E-state index contributed by atoms with van der Waals surface area (Å²) in [5, 5.41) is 2.90. The first-order valence-corrected chi connectivity index (χ1v) is 11.3. The molecule has 0 unspecified atom stereocenters. The van der Waals surface area contributed by atoms with Gasteiger partial charge in [-0.05, 0) is 38.5 Å². The summed E-state index contributed by atoms with van der Waals surface area (Å²) in [5.41, 5.74) is 2.42. The summed E-state index contributed by atoms with van der Waals surface area (Å²) in [4.78, 5) is 12.9. The molecule has 2 atom stereocenters. The highest BCUT2D eigenvalue weighted by molar-refractivity contribution is 7.92. The number of ether oxygens (including phenoxy) is 2. The minimum Gasteiger partial charge on any atom is -0.486 e. The third-order valence-electron chi connectivity index (χ3n) is 4.80. The average molecular weight is 419 g/mol. The van der Waals surface area contributed by atoms with Gasteiger partial charge in [-0.15, -0.1) is 0 Å². The first-order valence-electron chi connectivity index (χ1n) is 9.43. The number of benzene rings is 2. The van der Waals surface area contributed by atoms with Crippen LogP contribution in [0.5, 0.6) is 11.5 Å². The lowest BCUT2D eigenvalue weighted by atomic mass is 10.1. The minimum atomic E-state index is -3.72. The van der Waals surface area contributed by atoms with Crippen LogP contribution in [-0.4, -0.2) is 39.8 Å². The third-order valence-corrected chi connectivity index (χ3v) is 6.05. The SMILES string of the molecule is Cc1ccc([C@@H](C)NC(=O)[C@H](C)N(c2ccc3c(c2)OCCO3)S(C)(=O)=O)cc1. The Morgan fingerprint density at radius 1 is 1.03 bits per heavy atom. The largest absolute Gasteiger partial charge is 0.486 e. The van der Waals surface area contributed by atoms with E-state index in [-0.39, 0.29) is 6.04 Å². The molecule has 1 aliphatic heterocycles. The number of sulfonamides is 1. The second kappa shape index (κ2) is 8.32. The molecule has 1 heterocycles. The molecule has 156 valence electrons. The van der Waals surface area contributed by atoms with Crippen LogP contribution in [0.1, 0.15) is 31.0 Å². The van der Waals surface area contributed by atoms with E-state index in [9.17, 15) is 13.2 Å². The first kappa shape index (κ1) is 21.0. The van der Waals surface area contributed by atoms with Gasteiger partial charge < -0.3 is 14.8 Å². The molecule has 0 fully saturated rings. The fourth-order valence-corrected chi connectivity index (χ4v) is 4.42. The van der Waals surface area contributed by atoms with Crippen LogP contribution in [0.25, 0.3) is 0 Å². The number of hydrogen-bond acceptors (Lipinski definition) is 5. The van der Waals surface area contributed by atoms with Crippen molar-refractivity contribution in [3.8, 4) is 11.5 Å². The maximum Gasteiger partial charge on any atom is 0.244 e. The van der Waals surface area contributed by atoms with Crippen LogP contribution in [0.15, 0.2) is 42.5 Å². The molecule has 1 amide bonds. The van der Waals surface area contributed by atoms with Gasteiger partial charge in [0.15, 0.2) is 11.5 Å². The molecule has 1 aliphatic rings. The maximum absolute atomic E-state index is 12.9. The van der Waals surface area contributed by atoms with Crippen molar-refractivity contribution in [2.24, 2.45) is 0 Å². The highest BCUT2D eigenvalue weighted by Crippen LogP contribution is 2.35. The fourth-order valence-electron chi connectivity index (χ4n) is 3.25. The lowest BCUT2D eigenvalue weighted by molar-refractivity contribution is -0.122. The second-order valence-corrected chi connectivity index (χ2v) is 9.06. The van der Waals surface area contributed by atoms with E-state index in [0.29, 0.717) is 30.4 Å². The number of anilines is 1. The zero-order valence-electron chi connectivity index (χ0n) is 17.0. The van der Waals surface area contributed by atoms with Crippen LogP contribution < -0.4 is 19.1 Å². The van der Waals surface area contributed by atoms with Crippen molar-refractivity contribution in [3.63, 3.8) is 0 Å². The van der Waals surface area contributed by atoms with Crippen molar-refractivity contribution >= 4 is 21.6 Å². The van der Waals surface area contributed by atoms with E-state index in [1.807, 2.05) is 38.1 Å². The molecule has 0 saturated heterocycles. The van der Waals surface area contributed by atoms with E-state index in [4.69, 9.17) is 9.47 Å². The Morgan fingerprint density at radius 2 is 1.66 bits per heavy atom. The Balaban J connectivity index is 1.83. The summed E-state index contributed by atoms with van der Waals surface area (Å²) in [6.07, 6.45) is 1.08. The van der Waals surface area contributed by atoms with Gasteiger partial charge >= 0.3 is 0 Å². The maximum atomic E-state index is 12.9. The molecule has 0 saturated carbocycles. The van der Waals surface area contributed by atoms with Crippen molar-refractivity contribution < 1.29 is 22.7 Å². The smallest absolute Gasteiger partial charge is 0.244 e. The van der Waals surface area contributed by atoms with Crippen LogP contribution >= 0.6 is 0 Å². The number of fused-ring (bicyclic) bond motifs is 1.